The van der Waals surface area contributed by atoms with Crippen LogP contribution in [-0.2, 0) is 10.2 Å². The minimum absolute atomic E-state index is 0.163. The number of carbonyl (C=O) groups is 1. The molecule has 1 fully saturated rings. The lowest BCUT2D eigenvalue weighted by Crippen LogP contribution is -2.38. The van der Waals surface area contributed by atoms with Gasteiger partial charge in [-0.15, -0.1) is 0 Å². The summed E-state index contributed by atoms with van der Waals surface area (Å²) in [6.45, 7) is 11.3. The van der Waals surface area contributed by atoms with Gasteiger partial charge in [0.2, 0.25) is 0 Å². The lowest BCUT2D eigenvalue weighted by molar-refractivity contribution is 0.0374. The van der Waals surface area contributed by atoms with Crippen molar-refractivity contribution in [2.75, 3.05) is 39.4 Å². The quantitative estimate of drug-likeness (QED) is 0.572. The van der Waals surface area contributed by atoms with Gasteiger partial charge in [0.15, 0.2) is 5.65 Å². The normalized spacial score (nSPS) is 15.2. The van der Waals surface area contributed by atoms with Gasteiger partial charge in [-0.3, -0.25) is 9.69 Å². The highest BCUT2D eigenvalue weighted by Crippen LogP contribution is 2.29. The maximum atomic E-state index is 13.2. The summed E-state index contributed by atoms with van der Waals surface area (Å²) in [4.78, 5) is 20.3. The predicted octanol–water partition coefficient (Wildman–Crippen LogP) is 3.80. The SMILES string of the molecule is CC(C)(C)c1cc2nc(-c3ccccc3Cl)cc(C(=O)NCCCN3CCOCC3)n2n1. The standard InChI is InChI=1S/C24H30ClN5O2/c1-24(2,3)21-16-22-27-19(17-7-4-5-8-18(17)25)15-20(30(22)28-21)23(31)26-9-6-10-29-11-13-32-14-12-29/h4-5,7-8,15-16H,6,9-14H2,1-3H3,(H,26,31). The smallest absolute Gasteiger partial charge is 0.270 e. The van der Waals surface area contributed by atoms with Gasteiger partial charge in [-0.2, -0.15) is 5.10 Å². The Bertz CT molecular complexity index is 1100. The van der Waals surface area contributed by atoms with Gasteiger partial charge in [-0.1, -0.05) is 50.6 Å². The summed E-state index contributed by atoms with van der Waals surface area (Å²) in [6.07, 6.45) is 0.879. The van der Waals surface area contributed by atoms with Gasteiger partial charge in [-0.25, -0.2) is 9.50 Å². The van der Waals surface area contributed by atoms with E-state index >= 15 is 0 Å². The van der Waals surface area contributed by atoms with Crippen LogP contribution in [0.25, 0.3) is 16.9 Å². The maximum Gasteiger partial charge on any atom is 0.270 e. The number of ether oxygens (including phenoxy) is 1. The molecule has 7 nitrogen and oxygen atoms in total. The zero-order valence-corrected chi connectivity index (χ0v) is 19.7. The largest absolute Gasteiger partial charge is 0.379 e. The first-order chi connectivity index (χ1) is 15.3. The monoisotopic (exact) mass is 455 g/mol. The second-order valence-corrected chi connectivity index (χ2v) is 9.53. The van der Waals surface area contributed by atoms with Gasteiger partial charge >= 0.3 is 0 Å². The average molecular weight is 456 g/mol. The first kappa shape index (κ1) is 22.7. The summed E-state index contributed by atoms with van der Waals surface area (Å²) in [5.74, 6) is -0.170. The molecular weight excluding hydrogens is 426 g/mol. The Morgan fingerprint density at radius 3 is 2.66 bits per heavy atom. The van der Waals surface area contributed by atoms with E-state index in [0.29, 0.717) is 28.6 Å². The number of nitrogens with one attached hydrogen (secondary N) is 1. The molecular formula is C24H30ClN5O2. The average Bonchev–Trinajstić information content (AvgIpc) is 3.22. The van der Waals surface area contributed by atoms with E-state index in [0.717, 1.165) is 50.5 Å². The Morgan fingerprint density at radius 1 is 1.19 bits per heavy atom. The van der Waals surface area contributed by atoms with Crippen LogP contribution >= 0.6 is 11.6 Å². The van der Waals surface area contributed by atoms with Crippen LogP contribution in [-0.4, -0.2) is 64.8 Å². The van der Waals surface area contributed by atoms with Crippen molar-refractivity contribution >= 4 is 23.2 Å². The Hall–Kier alpha value is -2.48. The summed E-state index contributed by atoms with van der Waals surface area (Å²) in [5.41, 5.74) is 3.24. The lowest BCUT2D eigenvalue weighted by Gasteiger charge is -2.26. The first-order valence-corrected chi connectivity index (χ1v) is 11.5. The zero-order valence-electron chi connectivity index (χ0n) is 18.9. The molecule has 0 radical (unpaired) electrons. The first-order valence-electron chi connectivity index (χ1n) is 11.1. The van der Waals surface area contributed by atoms with Crippen LogP contribution in [0.1, 0.15) is 43.4 Å². The number of nitrogens with zero attached hydrogens (tertiary/aromatic N) is 4. The number of morpholine rings is 1. The number of amides is 1. The van der Waals surface area contributed by atoms with E-state index in [-0.39, 0.29) is 11.3 Å². The molecule has 0 saturated carbocycles. The fraction of sp³-hybridized carbons (Fsp3) is 0.458. The molecule has 0 spiro atoms. The van der Waals surface area contributed by atoms with E-state index in [1.54, 1.807) is 10.6 Å². The van der Waals surface area contributed by atoms with Crippen LogP contribution in [0.2, 0.25) is 5.02 Å². The Labute approximate surface area is 193 Å². The number of carbonyl (C=O) groups excluding carboxylic acids is 1. The molecule has 1 aliphatic rings. The van der Waals surface area contributed by atoms with Crippen molar-refractivity contribution < 1.29 is 9.53 Å². The Balaban J connectivity index is 1.59. The number of hydrogen-bond donors (Lipinski definition) is 1. The highest BCUT2D eigenvalue weighted by atomic mass is 35.5. The molecule has 1 amide bonds. The minimum atomic E-state index is -0.170. The number of rotatable bonds is 6. The number of fused-ring (bicyclic) bond motifs is 1. The second-order valence-electron chi connectivity index (χ2n) is 9.12. The van der Waals surface area contributed by atoms with Crippen molar-refractivity contribution in [3.05, 3.63) is 52.8 Å². The lowest BCUT2D eigenvalue weighted by atomic mass is 9.93. The summed E-state index contributed by atoms with van der Waals surface area (Å²) in [5, 5.41) is 8.35. The summed E-state index contributed by atoms with van der Waals surface area (Å²) in [7, 11) is 0. The van der Waals surface area contributed by atoms with Crippen molar-refractivity contribution in [2.45, 2.75) is 32.6 Å². The van der Waals surface area contributed by atoms with Gasteiger partial charge in [0.05, 0.1) is 24.6 Å². The van der Waals surface area contributed by atoms with Crippen molar-refractivity contribution in [1.29, 1.82) is 0 Å². The van der Waals surface area contributed by atoms with Gasteiger partial charge in [0.25, 0.3) is 5.91 Å². The van der Waals surface area contributed by atoms with E-state index < -0.39 is 0 Å². The topological polar surface area (TPSA) is 71.8 Å². The van der Waals surface area contributed by atoms with Gasteiger partial charge in [0, 0.05) is 41.7 Å². The van der Waals surface area contributed by atoms with Crippen molar-refractivity contribution in [3.8, 4) is 11.3 Å². The molecule has 1 N–H and O–H groups in total. The molecule has 1 aliphatic heterocycles. The van der Waals surface area contributed by atoms with Gasteiger partial charge in [0.1, 0.15) is 5.69 Å². The number of halogens is 1. The number of aromatic nitrogens is 3. The molecule has 3 aromatic rings. The second kappa shape index (κ2) is 9.57. The predicted molar refractivity (Wildman–Crippen MR) is 126 cm³/mol. The molecule has 170 valence electrons. The molecule has 0 bridgehead atoms. The summed E-state index contributed by atoms with van der Waals surface area (Å²) >= 11 is 6.42. The van der Waals surface area contributed by atoms with Crippen LogP contribution in [0.4, 0.5) is 0 Å². The Morgan fingerprint density at radius 2 is 1.94 bits per heavy atom. The van der Waals surface area contributed by atoms with E-state index in [9.17, 15) is 4.79 Å². The van der Waals surface area contributed by atoms with E-state index in [2.05, 4.69) is 31.0 Å². The maximum absolute atomic E-state index is 13.2. The van der Waals surface area contributed by atoms with Crippen molar-refractivity contribution in [2.24, 2.45) is 0 Å². The third-order valence-electron chi connectivity index (χ3n) is 5.62. The Kier molecular flexibility index (Phi) is 6.79. The molecule has 4 rings (SSSR count). The van der Waals surface area contributed by atoms with Gasteiger partial charge < -0.3 is 10.1 Å². The molecule has 2 aromatic heterocycles. The fourth-order valence-corrected chi connectivity index (χ4v) is 3.96. The molecule has 1 aromatic carbocycles. The van der Waals surface area contributed by atoms with Gasteiger partial charge in [-0.05, 0) is 25.1 Å². The van der Waals surface area contributed by atoms with E-state index in [1.807, 2.05) is 30.3 Å². The molecule has 8 heteroatoms. The molecule has 0 aliphatic carbocycles. The molecule has 3 heterocycles. The highest BCUT2D eigenvalue weighted by molar-refractivity contribution is 6.33. The summed E-state index contributed by atoms with van der Waals surface area (Å²) in [6, 6.07) is 11.2. The van der Waals surface area contributed by atoms with Crippen molar-refractivity contribution in [3.63, 3.8) is 0 Å². The number of benzene rings is 1. The summed E-state index contributed by atoms with van der Waals surface area (Å²) < 4.78 is 7.03. The molecule has 1 saturated heterocycles. The van der Waals surface area contributed by atoms with Crippen LogP contribution in [0.5, 0.6) is 0 Å². The van der Waals surface area contributed by atoms with Crippen LogP contribution in [0.15, 0.2) is 36.4 Å². The molecule has 32 heavy (non-hydrogen) atoms. The number of hydrogen-bond acceptors (Lipinski definition) is 5. The third-order valence-corrected chi connectivity index (χ3v) is 5.95. The third kappa shape index (κ3) is 5.11. The van der Waals surface area contributed by atoms with E-state index in [1.165, 1.54) is 0 Å². The molecule has 0 unspecified atom stereocenters. The van der Waals surface area contributed by atoms with Crippen molar-refractivity contribution in [1.82, 2.24) is 24.8 Å². The minimum Gasteiger partial charge on any atom is -0.379 e. The zero-order chi connectivity index (χ0) is 22.7. The fourth-order valence-electron chi connectivity index (χ4n) is 3.73. The molecule has 0 atom stereocenters. The van der Waals surface area contributed by atoms with Crippen LogP contribution in [0.3, 0.4) is 0 Å². The van der Waals surface area contributed by atoms with E-state index in [4.69, 9.17) is 26.4 Å². The van der Waals surface area contributed by atoms with Crippen LogP contribution < -0.4 is 5.32 Å². The van der Waals surface area contributed by atoms with Crippen LogP contribution in [0, 0.1) is 0 Å². The highest BCUT2D eigenvalue weighted by Gasteiger charge is 2.22.